The van der Waals surface area contributed by atoms with E-state index in [1.807, 2.05) is 136 Å². The van der Waals surface area contributed by atoms with Gasteiger partial charge in [-0.25, -0.2) is 23.5 Å². The van der Waals surface area contributed by atoms with Crippen LogP contribution in [-0.4, -0.2) is 238 Å². The molecule has 0 saturated carbocycles. The van der Waals surface area contributed by atoms with Crippen LogP contribution in [0, 0.1) is 13.8 Å². The van der Waals surface area contributed by atoms with Crippen molar-refractivity contribution in [3.8, 4) is 0 Å². The van der Waals surface area contributed by atoms with Crippen LogP contribution in [0.5, 0.6) is 0 Å². The summed E-state index contributed by atoms with van der Waals surface area (Å²) < 4.78 is 91.5. The lowest BCUT2D eigenvalue weighted by atomic mass is 10.0. The number of ether oxygens (including phenoxy) is 3. The summed E-state index contributed by atoms with van der Waals surface area (Å²) >= 11 is 0. The van der Waals surface area contributed by atoms with Crippen molar-refractivity contribution in [2.45, 2.75) is 172 Å². The standard InChI is InChI=1S/C70H105N13O23P2Si2/c1-45-38-82(67(92)75-63(45)89)58-36-50(53(99-58)44-98-107(94,95)104-61-52(43-84)100-65(81-27-25-57(88)74-66(81)91)62(61)106-109(9,10)69(3,4)5)103-108(96,97)102-49(24-18-13-19-26-77-28-30-78(40-54(71)85)32-34-80(42-56(73)87)35-33-79(31-29-77)41-55(72)86)60-51(37-59(101-60)83-39-46(2)64(90)76-68(83)93)105-110(70(6,7)8,47-20-14-11-15-21-47)48-22-16-12-17-23-48/h11-18,20-23,25,27,38-39,49-53,58-62,65,84H,19,24,26,28-37,40-44H2,1-10H3,(H2,71,85)(H2,72,86)(H2,73,87)(H,94,95)(H,96,97)(H,74,88,91)(H,75,89,92)(H,76,90,93)/b18-13+/t49-,50-,51-,52+,53+,58+,59+,60+,61+,62+,65+/m0/s1. The average molecular weight is 1610 g/mol. The summed E-state index contributed by atoms with van der Waals surface area (Å²) in [6.45, 7) is 19.8. The molecule has 3 amide bonds. The second-order valence-electron chi connectivity index (χ2n) is 30.7. The number of aromatic nitrogens is 6. The van der Waals surface area contributed by atoms with E-state index in [2.05, 4.69) is 19.9 Å². The molecule has 36 nitrogen and oxygen atoms in total. The highest BCUT2D eigenvalue weighted by atomic mass is 31.2. The van der Waals surface area contributed by atoms with Gasteiger partial charge in [0.25, 0.3) is 25.0 Å². The molecule has 4 aliphatic heterocycles. The lowest BCUT2D eigenvalue weighted by molar-refractivity contribution is -0.121. The molecule has 0 bridgehead atoms. The van der Waals surface area contributed by atoms with Crippen LogP contribution in [0.3, 0.4) is 0 Å². The summed E-state index contributed by atoms with van der Waals surface area (Å²) in [5.41, 5.74) is 12.4. The van der Waals surface area contributed by atoms with Gasteiger partial charge in [0.1, 0.15) is 55.2 Å². The maximum atomic E-state index is 15.6. The quantitative estimate of drug-likeness (QED) is 0.0165. The molecule has 12 N–H and O–H groups in total. The molecule has 9 rings (SSSR count). The first-order valence-corrected chi connectivity index (χ1v) is 44.2. The minimum absolute atomic E-state index is 0.0528. The third-order valence-corrected chi connectivity index (χ3v) is 32.2. The molecule has 5 aromatic rings. The van der Waals surface area contributed by atoms with Crippen LogP contribution in [0.2, 0.25) is 23.2 Å². The van der Waals surface area contributed by atoms with E-state index in [9.17, 15) is 62.6 Å². The van der Waals surface area contributed by atoms with Gasteiger partial charge in [-0.3, -0.25) is 90.2 Å². The number of benzene rings is 2. The largest absolute Gasteiger partial charge is 0.472 e. The molecule has 7 heterocycles. The number of phosphoric acid groups is 2. The molecule has 4 aliphatic rings. The van der Waals surface area contributed by atoms with Crippen molar-refractivity contribution in [1.29, 1.82) is 0 Å². The summed E-state index contributed by atoms with van der Waals surface area (Å²) in [7, 11) is -17.7. The van der Waals surface area contributed by atoms with Crippen molar-refractivity contribution >= 4 is 60.4 Å². The van der Waals surface area contributed by atoms with Crippen LogP contribution < -0.4 is 61.3 Å². The van der Waals surface area contributed by atoms with Crippen molar-refractivity contribution in [2.24, 2.45) is 17.2 Å². The number of nitrogens with one attached hydrogen (secondary N) is 3. The van der Waals surface area contributed by atoms with Crippen molar-refractivity contribution in [2.75, 3.05) is 91.8 Å². The third-order valence-electron chi connectivity index (χ3n) is 20.6. The molecule has 2 aromatic carbocycles. The number of aliphatic hydroxyl groups is 1. The van der Waals surface area contributed by atoms with Gasteiger partial charge in [-0.1, -0.05) is 114 Å². The molecule has 0 radical (unpaired) electrons. The number of H-pyrrole nitrogens is 3. The molecular weight excluding hydrogens is 1510 g/mol. The molecular formula is C70H105N13O23P2Si2. The fourth-order valence-corrected chi connectivity index (χ4v) is 22.0. The van der Waals surface area contributed by atoms with E-state index >= 15 is 4.57 Å². The summed E-state index contributed by atoms with van der Waals surface area (Å²) in [6.07, 6.45) is -9.44. The van der Waals surface area contributed by atoms with Crippen LogP contribution in [0.4, 0.5) is 0 Å². The Bertz CT molecular complexity index is 4440. The Kier molecular flexibility index (Phi) is 29.1. The molecule has 606 valence electrons. The van der Waals surface area contributed by atoms with E-state index in [0.29, 0.717) is 65.3 Å². The van der Waals surface area contributed by atoms with Crippen molar-refractivity contribution in [3.63, 3.8) is 0 Å². The van der Waals surface area contributed by atoms with Crippen LogP contribution in [0.1, 0.15) is 97.0 Å². The highest BCUT2D eigenvalue weighted by Gasteiger charge is 2.58. The third kappa shape index (κ3) is 22.2. The van der Waals surface area contributed by atoms with E-state index in [1.165, 1.54) is 30.8 Å². The van der Waals surface area contributed by atoms with Gasteiger partial charge in [0.05, 0.1) is 39.0 Å². The van der Waals surface area contributed by atoms with E-state index < -0.39 is 181 Å². The highest BCUT2D eigenvalue weighted by molar-refractivity contribution is 7.47. The number of carbonyl (C=O) groups is 3. The number of aliphatic hydroxyl groups excluding tert-OH is 1. The predicted molar refractivity (Wildman–Crippen MR) is 408 cm³/mol. The molecule has 40 heteroatoms. The van der Waals surface area contributed by atoms with Crippen LogP contribution in [-0.2, 0) is 64.7 Å². The average Bonchev–Trinajstić information content (AvgIpc) is 1.14. The Balaban J connectivity index is 1.08. The van der Waals surface area contributed by atoms with Crippen molar-refractivity contribution < 1.29 is 79.6 Å². The Morgan fingerprint density at radius 1 is 0.600 bits per heavy atom. The molecule has 110 heavy (non-hydrogen) atoms. The Morgan fingerprint density at radius 3 is 1.55 bits per heavy atom. The smallest absolute Gasteiger partial charge is 0.407 e. The van der Waals surface area contributed by atoms with Gasteiger partial charge in [0.15, 0.2) is 14.5 Å². The zero-order valence-corrected chi connectivity index (χ0v) is 67.4. The number of amides is 3. The number of rotatable bonds is 31. The number of hydrogen-bond acceptors (Lipinski definition) is 25. The lowest BCUT2D eigenvalue weighted by Crippen LogP contribution is -2.68. The number of nitrogens with zero attached hydrogens (tertiary/aromatic N) is 7. The van der Waals surface area contributed by atoms with Gasteiger partial charge in [-0.05, 0) is 60.2 Å². The molecule has 13 atom stereocenters. The van der Waals surface area contributed by atoms with Crippen LogP contribution in [0.25, 0.3) is 0 Å². The number of nitrogens with two attached hydrogens (primary N) is 3. The molecule has 4 fully saturated rings. The molecule has 4 saturated heterocycles. The van der Waals surface area contributed by atoms with E-state index in [0.717, 1.165) is 31.8 Å². The number of aryl methyl sites for hydroxylation is 2. The number of phosphoric ester groups is 2. The van der Waals surface area contributed by atoms with Gasteiger partial charge < -0.3 is 60.1 Å². The Hall–Kier alpha value is -7.12. The zero-order valence-electron chi connectivity index (χ0n) is 63.6. The first-order chi connectivity index (χ1) is 51.7. The summed E-state index contributed by atoms with van der Waals surface area (Å²) in [6, 6.07) is 20.2. The minimum Gasteiger partial charge on any atom is -0.407 e. The normalized spacial score (nSPS) is 24.9. The van der Waals surface area contributed by atoms with E-state index in [1.54, 1.807) is 6.08 Å². The van der Waals surface area contributed by atoms with Gasteiger partial charge in [0.2, 0.25) is 17.7 Å². The number of primary amides is 3. The van der Waals surface area contributed by atoms with E-state index in [-0.39, 0.29) is 43.6 Å². The Morgan fingerprint density at radius 2 is 1.08 bits per heavy atom. The van der Waals surface area contributed by atoms with Crippen LogP contribution >= 0.6 is 15.6 Å². The predicted octanol–water partition coefficient (Wildman–Crippen LogP) is 0.441. The first-order valence-electron chi connectivity index (χ1n) is 36.4. The second-order valence-corrected chi connectivity index (χ2v) is 42.5. The van der Waals surface area contributed by atoms with Crippen LogP contribution in [0.15, 0.2) is 126 Å². The zero-order chi connectivity index (χ0) is 80.4. The van der Waals surface area contributed by atoms with Gasteiger partial charge in [-0.2, -0.15) is 0 Å². The van der Waals surface area contributed by atoms with Gasteiger partial charge in [-0.15, -0.1) is 0 Å². The first kappa shape index (κ1) is 86.9. The monoisotopic (exact) mass is 1610 g/mol. The number of carbonyl (C=O) groups excluding carboxylic acids is 3. The Labute approximate surface area is 637 Å². The second kappa shape index (κ2) is 36.8. The van der Waals surface area contributed by atoms with Crippen molar-refractivity contribution in [3.05, 3.63) is 171 Å². The molecule has 0 spiro atoms. The van der Waals surface area contributed by atoms with E-state index in [4.69, 9.17) is 58.4 Å². The summed E-state index contributed by atoms with van der Waals surface area (Å²) in [4.78, 5) is 155. The van der Waals surface area contributed by atoms with Gasteiger partial charge >= 0.3 is 32.7 Å². The maximum Gasteiger partial charge on any atom is 0.472 e. The topological polar surface area (TPSA) is 485 Å². The summed E-state index contributed by atoms with van der Waals surface area (Å²) in [5, 5.41) is 11.2. The summed E-state index contributed by atoms with van der Waals surface area (Å²) in [5.74, 6) is -1.66. The highest BCUT2D eigenvalue weighted by Crippen LogP contribution is 2.55. The fraction of sp³-hybridized carbons (Fsp3) is 0.586. The number of aromatic amines is 3. The van der Waals surface area contributed by atoms with Crippen molar-refractivity contribution in [1.82, 2.24) is 48.3 Å². The molecule has 3 aromatic heterocycles. The molecule has 0 aliphatic carbocycles. The lowest BCUT2D eigenvalue weighted by Gasteiger charge is -2.45. The fourth-order valence-electron chi connectivity index (χ4n) is 13.9. The molecule has 2 unspecified atom stereocenters. The minimum atomic E-state index is -5.64. The SMILES string of the molecule is Cc1cn([C@H]2C[C@H](O[Si](c3ccccc3)(c3ccccc3)C(C)(C)C)[C@@H]([C@H](C/C=C/CCN3CCN(CC(N)=O)CCN(CC(N)=O)CCN(CC(N)=O)CC3)OP(=O)(O)O[C@H]3C[C@H](n4cc(C)c(=O)[nH]c4=O)O[C@@H]3COP(=O)(O)O[C@H]3[C@@H](O[Si](C)(C)C(C)(C)C)[C@H](n4ccc(=O)[nH]c4=O)O[C@@H]3CO)O2)c(=O)[nH]c1=O. The number of hydrogen-bond donors (Lipinski definition) is 9. The maximum absolute atomic E-state index is 15.6. The van der Waals surface area contributed by atoms with Gasteiger partial charge in [0, 0.05) is 108 Å².